The lowest BCUT2D eigenvalue weighted by atomic mass is 10.1. The van der Waals surface area contributed by atoms with Crippen LogP contribution in [0.5, 0.6) is 0 Å². The molecule has 0 bridgehead atoms. The van der Waals surface area contributed by atoms with Crippen LogP contribution in [0.15, 0.2) is 36.8 Å². The minimum absolute atomic E-state index is 0.0663. The van der Waals surface area contributed by atoms with Crippen molar-refractivity contribution in [1.82, 2.24) is 24.6 Å². The van der Waals surface area contributed by atoms with Gasteiger partial charge in [0.15, 0.2) is 5.78 Å². The normalized spacial score (nSPS) is 21.5. The number of carbonyl (C=O) groups excluding carboxylic acids is 1. The minimum Gasteiger partial charge on any atom is -0.298 e. The SMILES string of the molecule is [2H]C1([2H])CCC([2H])([2H])N1CC(=O)Cc1ncc2ccc(-c3cnn(C)c3)cc2n1. The highest BCUT2D eigenvalue weighted by Gasteiger charge is 2.16. The van der Waals surface area contributed by atoms with Gasteiger partial charge >= 0.3 is 0 Å². The summed E-state index contributed by atoms with van der Waals surface area (Å²) in [5.74, 6) is 0.0218. The predicted molar refractivity (Wildman–Crippen MR) is 96.1 cm³/mol. The molecule has 0 aliphatic carbocycles. The van der Waals surface area contributed by atoms with Gasteiger partial charge in [0.1, 0.15) is 5.82 Å². The number of benzene rings is 1. The molecule has 1 aliphatic rings. The molecule has 1 saturated heterocycles. The molecule has 1 fully saturated rings. The maximum Gasteiger partial charge on any atom is 0.154 e. The molecule has 128 valence electrons. The molecule has 1 aromatic carbocycles. The van der Waals surface area contributed by atoms with E-state index < -0.39 is 13.0 Å². The lowest BCUT2D eigenvalue weighted by molar-refractivity contribution is -0.119. The molecule has 2 aromatic heterocycles. The van der Waals surface area contributed by atoms with Crippen LogP contribution in [0.2, 0.25) is 0 Å². The summed E-state index contributed by atoms with van der Waals surface area (Å²) in [6.07, 6.45) is 5.39. The molecule has 0 radical (unpaired) electrons. The van der Waals surface area contributed by atoms with Crippen molar-refractivity contribution in [3.63, 3.8) is 0 Å². The van der Waals surface area contributed by atoms with Crippen molar-refractivity contribution in [1.29, 1.82) is 0 Å². The van der Waals surface area contributed by atoms with Crippen LogP contribution in [0.3, 0.4) is 0 Å². The number of likely N-dealkylation sites (tertiary alicyclic amines) is 1. The van der Waals surface area contributed by atoms with Gasteiger partial charge in [-0.25, -0.2) is 9.97 Å². The van der Waals surface area contributed by atoms with Crippen molar-refractivity contribution in [3.05, 3.63) is 42.6 Å². The first-order valence-corrected chi connectivity index (χ1v) is 8.18. The largest absolute Gasteiger partial charge is 0.298 e. The zero-order valence-corrected chi connectivity index (χ0v) is 13.9. The van der Waals surface area contributed by atoms with E-state index in [-0.39, 0.29) is 31.6 Å². The molecule has 1 aliphatic heterocycles. The summed E-state index contributed by atoms with van der Waals surface area (Å²) in [5, 5.41) is 5.02. The van der Waals surface area contributed by atoms with Gasteiger partial charge in [0.2, 0.25) is 0 Å². The number of Topliss-reactive ketones (excluding diaryl/α,β-unsaturated/α-hetero) is 1. The van der Waals surface area contributed by atoms with E-state index in [1.165, 1.54) is 0 Å². The Morgan fingerprint density at radius 3 is 2.84 bits per heavy atom. The van der Waals surface area contributed by atoms with Gasteiger partial charge in [-0.3, -0.25) is 14.4 Å². The van der Waals surface area contributed by atoms with Gasteiger partial charge in [-0.2, -0.15) is 5.10 Å². The van der Waals surface area contributed by atoms with Crippen LogP contribution in [0, 0.1) is 0 Å². The topological polar surface area (TPSA) is 63.9 Å². The summed E-state index contributed by atoms with van der Waals surface area (Å²) in [6, 6.07) is 5.79. The summed E-state index contributed by atoms with van der Waals surface area (Å²) < 4.78 is 33.5. The van der Waals surface area contributed by atoms with E-state index in [0.717, 1.165) is 21.4 Å². The summed E-state index contributed by atoms with van der Waals surface area (Å²) in [5.41, 5.74) is 2.63. The average molecular weight is 339 g/mol. The van der Waals surface area contributed by atoms with Gasteiger partial charge in [0.25, 0.3) is 0 Å². The monoisotopic (exact) mass is 339 g/mol. The molecular weight excluding hydrogens is 314 g/mol. The standard InChI is InChI=1S/C19H21N5O/c1-23-12-16(11-21-23)14-4-5-15-10-20-19(22-18(15)8-14)9-17(25)13-24-6-2-3-7-24/h4-5,8,10-12H,2-3,6-7,9,13H2,1H3/i6D2,7D2. The third-order valence-electron chi connectivity index (χ3n) is 4.09. The molecule has 3 aromatic rings. The molecule has 0 spiro atoms. The second-order valence-electron chi connectivity index (χ2n) is 6.08. The first-order valence-electron chi connectivity index (χ1n) is 10.2. The highest BCUT2D eigenvalue weighted by Crippen LogP contribution is 2.22. The molecule has 6 heteroatoms. The summed E-state index contributed by atoms with van der Waals surface area (Å²) in [4.78, 5) is 22.2. The van der Waals surface area contributed by atoms with Crippen molar-refractivity contribution in [3.8, 4) is 11.1 Å². The predicted octanol–water partition coefficient (Wildman–Crippen LogP) is 2.24. The highest BCUT2D eigenvalue weighted by atomic mass is 16.1. The number of hydrogen-bond donors (Lipinski definition) is 0. The first kappa shape index (κ1) is 11.9. The van der Waals surface area contributed by atoms with Gasteiger partial charge in [0, 0.05) is 35.9 Å². The Kier molecular flexibility index (Phi) is 3.19. The van der Waals surface area contributed by atoms with Crippen LogP contribution in [-0.4, -0.2) is 50.0 Å². The molecular formula is C19H21N5O. The van der Waals surface area contributed by atoms with Crippen LogP contribution in [0.1, 0.15) is 24.1 Å². The lowest BCUT2D eigenvalue weighted by Gasteiger charge is -2.12. The van der Waals surface area contributed by atoms with Gasteiger partial charge < -0.3 is 0 Å². The van der Waals surface area contributed by atoms with Crippen molar-refractivity contribution < 1.29 is 10.3 Å². The highest BCUT2D eigenvalue weighted by molar-refractivity contribution is 5.85. The number of nitrogens with zero attached hydrogens (tertiary/aromatic N) is 5. The van der Waals surface area contributed by atoms with E-state index in [1.807, 2.05) is 31.4 Å². The van der Waals surface area contributed by atoms with Crippen LogP contribution in [-0.2, 0) is 18.3 Å². The fraction of sp³-hybridized carbons (Fsp3) is 0.368. The van der Waals surface area contributed by atoms with E-state index in [4.69, 9.17) is 5.48 Å². The van der Waals surface area contributed by atoms with Crippen LogP contribution in [0.4, 0.5) is 0 Å². The van der Waals surface area contributed by atoms with Gasteiger partial charge in [0.05, 0.1) is 24.7 Å². The number of rotatable bonds is 5. The Balaban J connectivity index is 1.54. The van der Waals surface area contributed by atoms with Crippen LogP contribution >= 0.6 is 0 Å². The van der Waals surface area contributed by atoms with Gasteiger partial charge in [-0.05, 0) is 37.5 Å². The van der Waals surface area contributed by atoms with E-state index in [9.17, 15) is 4.79 Å². The Labute approximate surface area is 152 Å². The zero-order valence-electron chi connectivity index (χ0n) is 17.9. The molecule has 0 saturated carbocycles. The second-order valence-corrected chi connectivity index (χ2v) is 6.08. The zero-order chi connectivity index (χ0) is 20.8. The quantitative estimate of drug-likeness (QED) is 0.713. The van der Waals surface area contributed by atoms with Crippen molar-refractivity contribution in [2.75, 3.05) is 19.5 Å². The van der Waals surface area contributed by atoms with E-state index in [0.29, 0.717) is 11.3 Å². The molecule has 4 rings (SSSR count). The Morgan fingerprint density at radius 2 is 2.08 bits per heavy atom. The maximum atomic E-state index is 12.5. The summed E-state index contributed by atoms with van der Waals surface area (Å²) in [6.45, 7) is -3.97. The molecule has 0 amide bonds. The number of aromatic nitrogens is 4. The fourth-order valence-electron chi connectivity index (χ4n) is 2.85. The summed E-state index contributed by atoms with van der Waals surface area (Å²) >= 11 is 0. The third kappa shape index (κ3) is 3.58. The van der Waals surface area contributed by atoms with E-state index in [1.54, 1.807) is 17.1 Å². The number of carbonyl (C=O) groups is 1. The third-order valence-corrected chi connectivity index (χ3v) is 4.09. The molecule has 3 heterocycles. The first-order chi connectivity index (χ1) is 13.6. The Hall–Kier alpha value is -2.60. The molecule has 6 nitrogen and oxygen atoms in total. The Bertz CT molecular complexity index is 1070. The van der Waals surface area contributed by atoms with E-state index in [2.05, 4.69) is 15.1 Å². The van der Waals surface area contributed by atoms with Crippen molar-refractivity contribution >= 4 is 16.7 Å². The van der Waals surface area contributed by atoms with Crippen LogP contribution < -0.4 is 0 Å². The van der Waals surface area contributed by atoms with Crippen molar-refractivity contribution in [2.45, 2.75) is 19.3 Å². The summed E-state index contributed by atoms with van der Waals surface area (Å²) in [7, 11) is 1.85. The van der Waals surface area contributed by atoms with Gasteiger partial charge in [-0.15, -0.1) is 0 Å². The molecule has 25 heavy (non-hydrogen) atoms. The minimum atomic E-state index is -1.83. The lowest BCUT2D eigenvalue weighted by Crippen LogP contribution is -2.28. The van der Waals surface area contributed by atoms with Crippen LogP contribution in [0.25, 0.3) is 22.0 Å². The van der Waals surface area contributed by atoms with Gasteiger partial charge in [-0.1, -0.05) is 12.1 Å². The number of hydrogen-bond acceptors (Lipinski definition) is 5. The van der Waals surface area contributed by atoms with Crippen molar-refractivity contribution in [2.24, 2.45) is 7.05 Å². The average Bonchev–Trinajstić information content (AvgIpc) is 3.18. The Morgan fingerprint density at radius 1 is 1.24 bits per heavy atom. The fourth-order valence-corrected chi connectivity index (χ4v) is 2.85. The number of fused-ring (bicyclic) bond motifs is 1. The maximum absolute atomic E-state index is 12.5. The molecule has 0 N–H and O–H groups in total. The number of ketones is 1. The molecule has 0 atom stereocenters. The smallest absolute Gasteiger partial charge is 0.154 e. The molecule has 0 unspecified atom stereocenters. The number of aryl methyl sites for hydroxylation is 1. The van der Waals surface area contributed by atoms with E-state index >= 15 is 0 Å². The second kappa shape index (κ2) is 6.72.